The van der Waals surface area contributed by atoms with Gasteiger partial charge in [-0.2, -0.15) is 0 Å². The SMILES string of the molecule is Cc1cc(-c2nc3cccnc3s2)ccc1NC(=O)c1cccnc1. The number of carbonyl (C=O) groups is 1. The van der Waals surface area contributed by atoms with Crippen molar-refractivity contribution >= 4 is 33.3 Å². The number of benzene rings is 1. The average Bonchev–Trinajstić information content (AvgIpc) is 3.08. The fraction of sp³-hybridized carbons (Fsp3) is 0.0526. The Bertz CT molecular complexity index is 1030. The molecule has 0 fully saturated rings. The van der Waals surface area contributed by atoms with Gasteiger partial charge in [-0.3, -0.25) is 9.78 Å². The van der Waals surface area contributed by atoms with Crippen molar-refractivity contribution in [3.8, 4) is 10.6 Å². The maximum Gasteiger partial charge on any atom is 0.257 e. The molecule has 3 aromatic heterocycles. The number of aryl methyl sites for hydroxylation is 1. The third-order valence-corrected chi connectivity index (χ3v) is 4.84. The normalized spacial score (nSPS) is 10.8. The standard InChI is InChI=1S/C19H14N4OS/c1-12-10-13(18-23-16-5-3-9-21-19(16)25-18)6-7-15(12)22-17(24)14-4-2-8-20-11-14/h2-11H,1H3,(H,22,24). The zero-order valence-electron chi connectivity index (χ0n) is 13.4. The Kier molecular flexibility index (Phi) is 3.95. The largest absolute Gasteiger partial charge is 0.322 e. The average molecular weight is 346 g/mol. The second-order valence-corrected chi connectivity index (χ2v) is 6.55. The van der Waals surface area contributed by atoms with Crippen LogP contribution in [0, 0.1) is 6.92 Å². The summed E-state index contributed by atoms with van der Waals surface area (Å²) in [6.07, 6.45) is 4.96. The Morgan fingerprint density at radius 3 is 2.76 bits per heavy atom. The number of hydrogen-bond acceptors (Lipinski definition) is 5. The maximum atomic E-state index is 12.3. The van der Waals surface area contributed by atoms with E-state index in [0.29, 0.717) is 5.56 Å². The monoisotopic (exact) mass is 346 g/mol. The molecule has 1 amide bonds. The van der Waals surface area contributed by atoms with Gasteiger partial charge in [0.15, 0.2) is 0 Å². The number of hydrogen-bond donors (Lipinski definition) is 1. The number of nitrogens with one attached hydrogen (secondary N) is 1. The van der Waals surface area contributed by atoms with Crippen LogP contribution in [0.3, 0.4) is 0 Å². The molecule has 5 nitrogen and oxygen atoms in total. The molecule has 0 bridgehead atoms. The summed E-state index contributed by atoms with van der Waals surface area (Å²) in [7, 11) is 0. The van der Waals surface area contributed by atoms with E-state index in [-0.39, 0.29) is 5.91 Å². The van der Waals surface area contributed by atoms with E-state index in [0.717, 1.165) is 32.2 Å². The van der Waals surface area contributed by atoms with Crippen LogP contribution in [-0.4, -0.2) is 20.9 Å². The van der Waals surface area contributed by atoms with E-state index < -0.39 is 0 Å². The highest BCUT2D eigenvalue weighted by molar-refractivity contribution is 7.21. The van der Waals surface area contributed by atoms with Crippen LogP contribution in [-0.2, 0) is 0 Å². The molecule has 0 unspecified atom stereocenters. The van der Waals surface area contributed by atoms with Crippen LogP contribution in [0.2, 0.25) is 0 Å². The molecule has 122 valence electrons. The number of thiazole rings is 1. The van der Waals surface area contributed by atoms with Gasteiger partial charge in [0, 0.05) is 29.8 Å². The van der Waals surface area contributed by atoms with Gasteiger partial charge in [-0.1, -0.05) is 11.3 Å². The van der Waals surface area contributed by atoms with Gasteiger partial charge >= 0.3 is 0 Å². The number of carbonyl (C=O) groups excluding carboxylic acids is 1. The smallest absolute Gasteiger partial charge is 0.257 e. The van der Waals surface area contributed by atoms with Crippen molar-refractivity contribution in [3.05, 3.63) is 72.2 Å². The van der Waals surface area contributed by atoms with Crippen LogP contribution in [0.5, 0.6) is 0 Å². The molecule has 4 aromatic rings. The Morgan fingerprint density at radius 1 is 1.12 bits per heavy atom. The summed E-state index contributed by atoms with van der Waals surface area (Å²) in [4.78, 5) is 26.1. The molecule has 0 aliphatic carbocycles. The van der Waals surface area contributed by atoms with Crippen molar-refractivity contribution in [1.82, 2.24) is 15.0 Å². The lowest BCUT2D eigenvalue weighted by atomic mass is 10.1. The first-order valence-corrected chi connectivity index (χ1v) is 8.56. The highest BCUT2D eigenvalue weighted by Crippen LogP contribution is 2.31. The summed E-state index contributed by atoms with van der Waals surface area (Å²) in [5, 5.41) is 3.84. The molecule has 0 spiro atoms. The van der Waals surface area contributed by atoms with Crippen molar-refractivity contribution in [2.24, 2.45) is 0 Å². The van der Waals surface area contributed by atoms with Crippen molar-refractivity contribution in [3.63, 3.8) is 0 Å². The number of pyridine rings is 2. The summed E-state index contributed by atoms with van der Waals surface area (Å²) in [5.41, 5.74) is 4.19. The first-order chi connectivity index (χ1) is 12.2. The van der Waals surface area contributed by atoms with E-state index in [1.54, 1.807) is 42.1 Å². The van der Waals surface area contributed by atoms with E-state index >= 15 is 0 Å². The number of anilines is 1. The minimum Gasteiger partial charge on any atom is -0.322 e. The molecule has 6 heteroatoms. The lowest BCUT2D eigenvalue weighted by Gasteiger charge is -2.09. The quantitative estimate of drug-likeness (QED) is 0.600. The van der Waals surface area contributed by atoms with Crippen LogP contribution in [0.15, 0.2) is 61.1 Å². The molecular weight excluding hydrogens is 332 g/mol. The van der Waals surface area contributed by atoms with Crippen molar-refractivity contribution in [1.29, 1.82) is 0 Å². The molecular formula is C19H14N4OS. The summed E-state index contributed by atoms with van der Waals surface area (Å²) in [6, 6.07) is 13.2. The van der Waals surface area contributed by atoms with Gasteiger partial charge in [0.2, 0.25) is 0 Å². The lowest BCUT2D eigenvalue weighted by Crippen LogP contribution is -2.12. The molecule has 1 aromatic carbocycles. The zero-order chi connectivity index (χ0) is 17.2. The Hall–Kier alpha value is -3.12. The summed E-state index contributed by atoms with van der Waals surface area (Å²) in [5.74, 6) is -0.173. The van der Waals surface area contributed by atoms with Gasteiger partial charge in [-0.25, -0.2) is 9.97 Å². The summed E-state index contributed by atoms with van der Waals surface area (Å²) < 4.78 is 0. The van der Waals surface area contributed by atoms with Crippen LogP contribution in [0.25, 0.3) is 20.9 Å². The summed E-state index contributed by atoms with van der Waals surface area (Å²) in [6.45, 7) is 1.97. The number of amides is 1. The zero-order valence-corrected chi connectivity index (χ0v) is 14.2. The van der Waals surface area contributed by atoms with E-state index in [1.807, 2.05) is 37.3 Å². The second-order valence-electron chi connectivity index (χ2n) is 5.57. The van der Waals surface area contributed by atoms with Gasteiger partial charge < -0.3 is 5.32 Å². The van der Waals surface area contributed by atoms with E-state index in [4.69, 9.17) is 0 Å². The Labute approximate surface area is 148 Å². The van der Waals surface area contributed by atoms with Gasteiger partial charge in [-0.15, -0.1) is 0 Å². The van der Waals surface area contributed by atoms with Crippen molar-refractivity contribution in [2.75, 3.05) is 5.32 Å². The molecule has 0 atom stereocenters. The van der Waals surface area contributed by atoms with Crippen LogP contribution < -0.4 is 5.32 Å². The highest BCUT2D eigenvalue weighted by Gasteiger charge is 2.11. The molecule has 4 rings (SSSR count). The topological polar surface area (TPSA) is 67.8 Å². The minimum atomic E-state index is -0.173. The van der Waals surface area contributed by atoms with Gasteiger partial charge in [-0.05, 0) is 55.0 Å². The molecule has 0 aliphatic heterocycles. The van der Waals surface area contributed by atoms with Crippen LogP contribution >= 0.6 is 11.3 Å². The molecule has 3 heterocycles. The van der Waals surface area contributed by atoms with E-state index in [2.05, 4.69) is 20.3 Å². The fourth-order valence-electron chi connectivity index (χ4n) is 2.52. The molecule has 1 N–H and O–H groups in total. The number of aromatic nitrogens is 3. The lowest BCUT2D eigenvalue weighted by molar-refractivity contribution is 0.102. The second kappa shape index (κ2) is 6.41. The van der Waals surface area contributed by atoms with Crippen LogP contribution in [0.4, 0.5) is 5.69 Å². The molecule has 0 aliphatic rings. The predicted molar refractivity (Wildman–Crippen MR) is 99.8 cm³/mol. The third-order valence-electron chi connectivity index (χ3n) is 3.81. The van der Waals surface area contributed by atoms with Gasteiger partial charge in [0.1, 0.15) is 15.4 Å². The Balaban J connectivity index is 1.61. The first-order valence-electron chi connectivity index (χ1n) is 7.75. The molecule has 0 radical (unpaired) electrons. The van der Waals surface area contributed by atoms with Gasteiger partial charge in [0.25, 0.3) is 5.91 Å². The van der Waals surface area contributed by atoms with Gasteiger partial charge in [0.05, 0.1) is 5.56 Å². The summed E-state index contributed by atoms with van der Waals surface area (Å²) >= 11 is 1.56. The first kappa shape index (κ1) is 15.4. The van der Waals surface area contributed by atoms with E-state index in [1.165, 1.54) is 0 Å². The minimum absolute atomic E-state index is 0.173. The van der Waals surface area contributed by atoms with Crippen molar-refractivity contribution < 1.29 is 4.79 Å². The highest BCUT2D eigenvalue weighted by atomic mass is 32.1. The fourth-order valence-corrected chi connectivity index (χ4v) is 3.43. The number of nitrogens with zero attached hydrogens (tertiary/aromatic N) is 3. The molecule has 0 saturated heterocycles. The number of rotatable bonds is 3. The van der Waals surface area contributed by atoms with Crippen molar-refractivity contribution in [2.45, 2.75) is 6.92 Å². The maximum absolute atomic E-state index is 12.3. The van der Waals surface area contributed by atoms with Crippen LogP contribution in [0.1, 0.15) is 15.9 Å². The number of fused-ring (bicyclic) bond motifs is 1. The van der Waals surface area contributed by atoms with E-state index in [9.17, 15) is 4.79 Å². The Morgan fingerprint density at radius 2 is 2.00 bits per heavy atom. The predicted octanol–water partition coefficient (Wildman–Crippen LogP) is 4.31. The molecule has 25 heavy (non-hydrogen) atoms. The third kappa shape index (κ3) is 3.12. The molecule has 0 saturated carbocycles.